The molecular weight excluding hydrogens is 445 g/mol. The van der Waals surface area contributed by atoms with Crippen molar-refractivity contribution in [2.75, 3.05) is 5.32 Å². The summed E-state index contributed by atoms with van der Waals surface area (Å²) < 4.78 is 43.2. The van der Waals surface area contributed by atoms with E-state index in [2.05, 4.69) is 5.32 Å². The van der Waals surface area contributed by atoms with Crippen LogP contribution < -0.4 is 11.0 Å². The van der Waals surface area contributed by atoms with Crippen LogP contribution in [0, 0.1) is 12.7 Å². The number of carbonyl (C=O) groups excluding carboxylic acids is 1. The maximum Gasteiger partial charge on any atom is 0.328 e. The summed E-state index contributed by atoms with van der Waals surface area (Å²) in [6, 6.07) is 14.9. The van der Waals surface area contributed by atoms with Crippen LogP contribution in [0.1, 0.15) is 11.1 Å². The molecule has 170 valence electrons. The lowest BCUT2D eigenvalue weighted by Crippen LogP contribution is -2.19. The van der Waals surface area contributed by atoms with E-state index in [1.807, 2.05) is 6.92 Å². The van der Waals surface area contributed by atoms with E-state index in [1.165, 1.54) is 51.6 Å². The average Bonchev–Trinajstić information content (AvgIpc) is 2.97. The summed E-state index contributed by atoms with van der Waals surface area (Å²) in [5, 5.41) is 2.65. The number of benzene rings is 3. The van der Waals surface area contributed by atoms with Crippen LogP contribution in [0.4, 0.5) is 10.1 Å². The molecule has 7 nitrogen and oxygen atoms in total. The van der Waals surface area contributed by atoms with Crippen LogP contribution in [0.3, 0.4) is 0 Å². The van der Waals surface area contributed by atoms with Gasteiger partial charge in [-0.25, -0.2) is 17.6 Å². The number of carbonyl (C=O) groups is 1. The van der Waals surface area contributed by atoms with Gasteiger partial charge in [0.15, 0.2) is 0 Å². The predicted octanol–water partition coefficient (Wildman–Crippen LogP) is 3.34. The summed E-state index contributed by atoms with van der Waals surface area (Å²) in [6.45, 7) is 1.85. The van der Waals surface area contributed by atoms with E-state index in [0.29, 0.717) is 16.6 Å². The number of nitrogens with one attached hydrogen (secondary N) is 1. The number of hydrogen-bond acceptors (Lipinski definition) is 4. The Morgan fingerprint density at radius 3 is 2.24 bits per heavy atom. The topological polar surface area (TPSA) is 90.2 Å². The van der Waals surface area contributed by atoms with Crippen LogP contribution in [-0.4, -0.2) is 23.5 Å². The van der Waals surface area contributed by atoms with Crippen molar-refractivity contribution in [1.29, 1.82) is 0 Å². The van der Waals surface area contributed by atoms with Gasteiger partial charge in [-0.2, -0.15) is 0 Å². The molecule has 0 aliphatic rings. The monoisotopic (exact) mass is 467 g/mol. The van der Waals surface area contributed by atoms with Crippen LogP contribution in [0.2, 0.25) is 0 Å². The van der Waals surface area contributed by atoms with Crippen molar-refractivity contribution in [3.8, 4) is 0 Å². The summed E-state index contributed by atoms with van der Waals surface area (Å²) in [5.41, 5.74) is 1.95. The zero-order valence-corrected chi connectivity index (χ0v) is 19.1. The van der Waals surface area contributed by atoms with Gasteiger partial charge in [0.2, 0.25) is 15.7 Å². The fourth-order valence-electron chi connectivity index (χ4n) is 3.72. The van der Waals surface area contributed by atoms with Gasteiger partial charge in [0, 0.05) is 14.1 Å². The first kappa shape index (κ1) is 22.5. The number of aromatic nitrogens is 2. The van der Waals surface area contributed by atoms with Gasteiger partial charge in [-0.15, -0.1) is 0 Å². The third-order valence-electron chi connectivity index (χ3n) is 5.52. The van der Waals surface area contributed by atoms with E-state index in [-0.39, 0.29) is 27.6 Å². The Kier molecular flexibility index (Phi) is 5.67. The van der Waals surface area contributed by atoms with Crippen molar-refractivity contribution < 1.29 is 17.6 Å². The molecule has 0 saturated heterocycles. The largest absolute Gasteiger partial charge is 0.328 e. The highest BCUT2D eigenvalue weighted by Crippen LogP contribution is 2.32. The smallest absolute Gasteiger partial charge is 0.325 e. The summed E-state index contributed by atoms with van der Waals surface area (Å²) in [7, 11) is -0.905. The lowest BCUT2D eigenvalue weighted by Gasteiger charge is -2.14. The Hall–Kier alpha value is -3.72. The fraction of sp³-hybridized carbons (Fsp3) is 0.167. The summed E-state index contributed by atoms with van der Waals surface area (Å²) in [6.07, 6.45) is -0.145. The average molecular weight is 468 g/mol. The molecule has 4 rings (SSSR count). The van der Waals surface area contributed by atoms with Gasteiger partial charge < -0.3 is 5.32 Å². The number of anilines is 1. The van der Waals surface area contributed by atoms with Crippen molar-refractivity contribution in [2.45, 2.75) is 23.1 Å². The second-order valence-electron chi connectivity index (χ2n) is 7.91. The Morgan fingerprint density at radius 1 is 0.970 bits per heavy atom. The minimum atomic E-state index is -4.02. The van der Waals surface area contributed by atoms with Crippen LogP contribution >= 0.6 is 0 Å². The summed E-state index contributed by atoms with van der Waals surface area (Å²) in [4.78, 5) is 25.1. The van der Waals surface area contributed by atoms with E-state index in [0.717, 1.165) is 5.56 Å². The highest BCUT2D eigenvalue weighted by Gasteiger charge is 2.25. The molecule has 0 atom stereocenters. The molecule has 1 amide bonds. The zero-order valence-electron chi connectivity index (χ0n) is 18.3. The Bertz CT molecular complexity index is 1550. The van der Waals surface area contributed by atoms with Crippen molar-refractivity contribution in [3.63, 3.8) is 0 Å². The number of fused-ring (bicyclic) bond motifs is 1. The van der Waals surface area contributed by atoms with Crippen LogP contribution in [0.25, 0.3) is 11.0 Å². The molecule has 0 radical (unpaired) electrons. The summed E-state index contributed by atoms with van der Waals surface area (Å²) in [5.74, 6) is -0.982. The van der Waals surface area contributed by atoms with Gasteiger partial charge in [0.1, 0.15) is 5.82 Å². The van der Waals surface area contributed by atoms with E-state index in [4.69, 9.17) is 0 Å². The molecule has 33 heavy (non-hydrogen) atoms. The van der Waals surface area contributed by atoms with Gasteiger partial charge in [-0.05, 0) is 48.9 Å². The van der Waals surface area contributed by atoms with Crippen molar-refractivity contribution >= 4 is 32.5 Å². The van der Waals surface area contributed by atoms with Crippen LogP contribution in [-0.2, 0) is 35.1 Å². The maximum absolute atomic E-state index is 13.5. The molecule has 0 unspecified atom stereocenters. The van der Waals surface area contributed by atoms with Gasteiger partial charge in [-0.1, -0.05) is 29.8 Å². The number of nitrogens with zero attached hydrogens (tertiary/aromatic N) is 2. The van der Waals surface area contributed by atoms with E-state index in [9.17, 15) is 22.4 Å². The van der Waals surface area contributed by atoms with Crippen molar-refractivity contribution in [2.24, 2.45) is 14.1 Å². The number of aryl methyl sites for hydroxylation is 3. The second kappa shape index (κ2) is 8.32. The SMILES string of the molecule is Cc1ccc(S(=O)(=O)c2cc3c(cc2NC(=O)Cc2cccc(F)c2)n(C)c(=O)n3C)cc1. The normalized spacial score (nSPS) is 11.6. The first-order chi connectivity index (χ1) is 15.6. The third kappa shape index (κ3) is 4.19. The Balaban J connectivity index is 1.84. The highest BCUT2D eigenvalue weighted by molar-refractivity contribution is 7.91. The quantitative estimate of drug-likeness (QED) is 0.488. The highest BCUT2D eigenvalue weighted by atomic mass is 32.2. The standard InChI is InChI=1S/C24H22FN3O4S/c1-15-7-9-18(10-8-15)33(31,32)22-14-21-20(27(2)24(30)28(21)3)13-19(22)26-23(29)12-16-5-4-6-17(25)11-16/h4-11,13-14H,12H2,1-3H3,(H,26,29). The predicted molar refractivity (Wildman–Crippen MR) is 124 cm³/mol. The number of imidazole rings is 1. The lowest BCUT2D eigenvalue weighted by atomic mass is 10.1. The molecule has 0 saturated carbocycles. The molecule has 0 bridgehead atoms. The first-order valence-corrected chi connectivity index (χ1v) is 11.6. The molecule has 9 heteroatoms. The molecule has 4 aromatic rings. The second-order valence-corrected chi connectivity index (χ2v) is 9.83. The number of halogens is 1. The Morgan fingerprint density at radius 2 is 1.61 bits per heavy atom. The molecule has 0 aliphatic carbocycles. The van der Waals surface area contributed by atoms with Gasteiger partial charge in [0.25, 0.3) is 0 Å². The van der Waals surface area contributed by atoms with E-state index in [1.54, 1.807) is 32.3 Å². The molecule has 1 aromatic heterocycles. The minimum Gasteiger partial charge on any atom is -0.325 e. The molecule has 0 aliphatic heterocycles. The van der Waals surface area contributed by atoms with Gasteiger partial charge >= 0.3 is 5.69 Å². The molecule has 3 aromatic carbocycles. The van der Waals surface area contributed by atoms with Gasteiger partial charge in [0.05, 0.1) is 32.9 Å². The molecule has 1 N–H and O–H groups in total. The lowest BCUT2D eigenvalue weighted by molar-refractivity contribution is -0.115. The fourth-order valence-corrected chi connectivity index (χ4v) is 5.13. The molecule has 1 heterocycles. The zero-order chi connectivity index (χ0) is 23.9. The Labute approximate surface area is 190 Å². The van der Waals surface area contributed by atoms with Crippen LogP contribution in [0.5, 0.6) is 0 Å². The maximum atomic E-state index is 13.5. The number of amides is 1. The van der Waals surface area contributed by atoms with Crippen molar-refractivity contribution in [1.82, 2.24) is 9.13 Å². The third-order valence-corrected chi connectivity index (χ3v) is 7.33. The van der Waals surface area contributed by atoms with E-state index >= 15 is 0 Å². The van der Waals surface area contributed by atoms with Crippen molar-refractivity contribution in [3.05, 3.63) is 88.1 Å². The molecule has 0 fully saturated rings. The number of hydrogen-bond donors (Lipinski definition) is 1. The van der Waals surface area contributed by atoms with Crippen LogP contribution in [0.15, 0.2) is 75.2 Å². The molecular formula is C24H22FN3O4S. The number of rotatable bonds is 5. The van der Waals surface area contributed by atoms with E-state index < -0.39 is 21.6 Å². The summed E-state index contributed by atoms with van der Waals surface area (Å²) >= 11 is 0. The molecule has 0 spiro atoms. The van der Waals surface area contributed by atoms with Gasteiger partial charge in [-0.3, -0.25) is 13.9 Å². The number of sulfone groups is 1. The first-order valence-electron chi connectivity index (χ1n) is 10.1. The minimum absolute atomic E-state index is 0.0469.